The zero-order chi connectivity index (χ0) is 18.1. The van der Waals surface area contributed by atoms with Crippen LogP contribution in [0.4, 0.5) is 5.82 Å². The van der Waals surface area contributed by atoms with Crippen LogP contribution in [0.1, 0.15) is 10.4 Å². The van der Waals surface area contributed by atoms with Crippen LogP contribution in [0.25, 0.3) is 10.9 Å². The maximum Gasteiger partial charge on any atom is 0.280 e. The van der Waals surface area contributed by atoms with E-state index < -0.39 is 0 Å². The van der Waals surface area contributed by atoms with Gasteiger partial charge in [-0.3, -0.25) is 9.36 Å². The molecule has 0 atom stereocenters. The minimum Gasteiger partial charge on any atom is -0.493 e. The third-order valence-corrected chi connectivity index (χ3v) is 4.34. The highest BCUT2D eigenvalue weighted by molar-refractivity contribution is 5.95. The predicted octanol–water partition coefficient (Wildman–Crippen LogP) is 2.22. The third-order valence-electron chi connectivity index (χ3n) is 4.34. The largest absolute Gasteiger partial charge is 0.493 e. The van der Waals surface area contributed by atoms with Gasteiger partial charge in [-0.1, -0.05) is 18.2 Å². The number of ether oxygens (including phenoxy) is 2. The summed E-state index contributed by atoms with van der Waals surface area (Å²) >= 11 is 0. The molecular formula is C19H18N4O3. The lowest BCUT2D eigenvalue weighted by atomic mass is 10.2. The number of carbonyl (C=O) groups is 1. The second kappa shape index (κ2) is 6.51. The van der Waals surface area contributed by atoms with Gasteiger partial charge in [0.05, 0.1) is 19.7 Å². The van der Waals surface area contributed by atoms with E-state index in [1.165, 1.54) is 0 Å². The highest BCUT2D eigenvalue weighted by atomic mass is 16.5. The maximum absolute atomic E-state index is 12.5. The van der Waals surface area contributed by atoms with Crippen LogP contribution >= 0.6 is 0 Å². The fourth-order valence-corrected chi connectivity index (χ4v) is 3.07. The van der Waals surface area contributed by atoms with Crippen LogP contribution in [0, 0.1) is 0 Å². The molecule has 0 saturated carbocycles. The van der Waals surface area contributed by atoms with Gasteiger partial charge < -0.3 is 14.8 Å². The van der Waals surface area contributed by atoms with Gasteiger partial charge in [-0.15, -0.1) is 0 Å². The number of hydrogen-bond donors (Lipinski definition) is 1. The molecule has 0 unspecified atom stereocenters. The second-order valence-corrected chi connectivity index (χ2v) is 5.85. The van der Waals surface area contributed by atoms with Gasteiger partial charge in [0.2, 0.25) is 5.62 Å². The Morgan fingerprint density at radius 1 is 1.15 bits per heavy atom. The smallest absolute Gasteiger partial charge is 0.280 e. The lowest BCUT2D eigenvalue weighted by Crippen LogP contribution is -2.24. The summed E-state index contributed by atoms with van der Waals surface area (Å²) in [5.74, 6) is 1.76. The first-order valence-corrected chi connectivity index (χ1v) is 8.26. The van der Waals surface area contributed by atoms with E-state index in [2.05, 4.69) is 15.3 Å². The Hall–Kier alpha value is -3.35. The summed E-state index contributed by atoms with van der Waals surface area (Å²) in [6.07, 6.45) is 0. The quantitative estimate of drug-likeness (QED) is 0.784. The van der Waals surface area contributed by atoms with Crippen molar-refractivity contribution in [1.29, 1.82) is 0 Å². The van der Waals surface area contributed by atoms with Gasteiger partial charge in [-0.25, -0.2) is 4.98 Å². The molecule has 26 heavy (non-hydrogen) atoms. The van der Waals surface area contributed by atoms with Crippen molar-refractivity contribution in [2.45, 2.75) is 6.54 Å². The van der Waals surface area contributed by atoms with E-state index in [0.717, 1.165) is 17.7 Å². The molecule has 4 rings (SSSR count). The van der Waals surface area contributed by atoms with Crippen molar-refractivity contribution in [3.05, 3.63) is 53.6 Å². The highest BCUT2D eigenvalue weighted by Crippen LogP contribution is 2.34. The van der Waals surface area contributed by atoms with Crippen LogP contribution in [0.3, 0.4) is 0 Å². The van der Waals surface area contributed by atoms with Gasteiger partial charge in [-0.05, 0) is 18.2 Å². The molecule has 1 aliphatic heterocycles. The first-order valence-electron chi connectivity index (χ1n) is 8.26. The van der Waals surface area contributed by atoms with Gasteiger partial charge in [0.15, 0.2) is 11.5 Å². The van der Waals surface area contributed by atoms with Crippen LogP contribution in [-0.4, -0.2) is 36.2 Å². The molecule has 0 bridgehead atoms. The molecule has 0 saturated heterocycles. The summed E-state index contributed by atoms with van der Waals surface area (Å²) < 4.78 is 12.7. The van der Waals surface area contributed by atoms with E-state index >= 15 is 0 Å². The van der Waals surface area contributed by atoms with Crippen LogP contribution in [-0.2, 0) is 6.54 Å². The Bertz CT molecular complexity index is 1060. The molecule has 0 radical (unpaired) electrons. The van der Waals surface area contributed by atoms with Crippen molar-refractivity contribution < 1.29 is 14.3 Å². The van der Waals surface area contributed by atoms with E-state index in [-0.39, 0.29) is 5.91 Å². The van der Waals surface area contributed by atoms with Gasteiger partial charge in [0, 0.05) is 30.1 Å². The number of aromatic nitrogens is 2. The maximum atomic E-state index is 12.5. The molecule has 3 aromatic rings. The number of amides is 1. The van der Waals surface area contributed by atoms with Crippen LogP contribution < -0.4 is 20.4 Å². The van der Waals surface area contributed by atoms with Crippen LogP contribution in [0.2, 0.25) is 0 Å². The molecule has 7 nitrogen and oxygen atoms in total. The van der Waals surface area contributed by atoms with Crippen LogP contribution in [0.15, 0.2) is 47.5 Å². The van der Waals surface area contributed by atoms with E-state index in [0.29, 0.717) is 34.7 Å². The molecule has 0 fully saturated rings. The summed E-state index contributed by atoms with van der Waals surface area (Å²) in [6.45, 7) is 1.44. The molecule has 1 amide bonds. The highest BCUT2D eigenvalue weighted by Gasteiger charge is 2.18. The average molecular weight is 350 g/mol. The monoisotopic (exact) mass is 350 g/mol. The lowest BCUT2D eigenvalue weighted by Gasteiger charge is -2.12. The molecule has 0 aliphatic carbocycles. The fourth-order valence-electron chi connectivity index (χ4n) is 3.07. The minimum atomic E-state index is -0.320. The number of fused-ring (bicyclic) bond motifs is 3. The van der Waals surface area contributed by atoms with Crippen molar-refractivity contribution >= 4 is 22.6 Å². The number of hydrogen-bond acceptors (Lipinski definition) is 5. The predicted molar refractivity (Wildman–Crippen MR) is 97.7 cm³/mol. The molecule has 1 N–H and O–H groups in total. The molecule has 132 valence electrons. The minimum absolute atomic E-state index is 0.320. The Morgan fingerprint density at radius 3 is 2.62 bits per heavy atom. The Kier molecular flexibility index (Phi) is 4.04. The standard InChI is InChI=1S/C19H18N4O3/c1-25-15-10-13-14(11-16(15)26-2)21-19(23-9-8-20-17(13)23)22-18(24)12-6-4-3-5-7-12/h3-7,10-11,20H,8-9H2,1-2H3. The lowest BCUT2D eigenvalue weighted by molar-refractivity contribution is 0.0996. The number of carbonyl (C=O) groups excluding carboxylic acids is 1. The fraction of sp³-hybridized carbons (Fsp3) is 0.211. The summed E-state index contributed by atoms with van der Waals surface area (Å²) in [7, 11) is 3.18. The number of anilines is 1. The molecule has 2 aromatic carbocycles. The summed E-state index contributed by atoms with van der Waals surface area (Å²) in [4.78, 5) is 21.3. The normalized spacial score (nSPS) is 13.4. The second-order valence-electron chi connectivity index (χ2n) is 5.85. The van der Waals surface area contributed by atoms with Crippen molar-refractivity contribution in [3.63, 3.8) is 0 Å². The van der Waals surface area contributed by atoms with Crippen molar-refractivity contribution in [2.24, 2.45) is 4.99 Å². The van der Waals surface area contributed by atoms with Gasteiger partial charge in [0.25, 0.3) is 5.91 Å². The number of benzene rings is 2. The molecule has 1 aromatic heterocycles. The SMILES string of the molecule is COc1cc2nc(=NC(=O)c3ccccc3)n3c(c2cc1OC)NCC3. The number of methoxy groups -OCH3 is 2. The van der Waals surface area contributed by atoms with E-state index in [9.17, 15) is 4.79 Å². The van der Waals surface area contributed by atoms with Crippen molar-refractivity contribution in [3.8, 4) is 11.5 Å². The van der Waals surface area contributed by atoms with Gasteiger partial charge >= 0.3 is 0 Å². The molecule has 2 heterocycles. The number of rotatable bonds is 3. The van der Waals surface area contributed by atoms with Gasteiger partial charge in [-0.2, -0.15) is 4.99 Å². The topological polar surface area (TPSA) is 77.7 Å². The summed E-state index contributed by atoms with van der Waals surface area (Å²) in [5, 5.41) is 4.24. The van der Waals surface area contributed by atoms with Gasteiger partial charge in [0.1, 0.15) is 5.82 Å². The summed E-state index contributed by atoms with van der Waals surface area (Å²) in [6, 6.07) is 12.6. The molecular weight excluding hydrogens is 332 g/mol. The Labute approximate surface area is 149 Å². The third kappa shape index (κ3) is 2.67. The van der Waals surface area contributed by atoms with Crippen molar-refractivity contribution in [2.75, 3.05) is 26.1 Å². The van der Waals surface area contributed by atoms with Crippen molar-refractivity contribution in [1.82, 2.24) is 9.55 Å². The molecule has 1 aliphatic rings. The summed E-state index contributed by atoms with van der Waals surface area (Å²) in [5.41, 5.74) is 1.59. The van der Waals surface area contributed by atoms with E-state index in [1.54, 1.807) is 32.4 Å². The van der Waals surface area contributed by atoms with Crippen LogP contribution in [0.5, 0.6) is 11.5 Å². The first-order chi connectivity index (χ1) is 12.7. The number of nitrogens with zero attached hydrogens (tertiary/aromatic N) is 3. The average Bonchev–Trinajstić information content (AvgIpc) is 3.18. The zero-order valence-corrected chi connectivity index (χ0v) is 14.5. The Balaban J connectivity index is 1.94. The first kappa shape index (κ1) is 16.1. The molecule has 0 spiro atoms. The van der Waals surface area contributed by atoms with E-state index in [4.69, 9.17) is 9.47 Å². The van der Waals surface area contributed by atoms with E-state index in [1.807, 2.05) is 28.8 Å². The molecule has 7 heteroatoms. The Morgan fingerprint density at radius 2 is 1.88 bits per heavy atom. The number of nitrogens with one attached hydrogen (secondary N) is 1. The zero-order valence-electron chi connectivity index (χ0n) is 14.5.